The van der Waals surface area contributed by atoms with E-state index >= 15 is 0 Å². The second kappa shape index (κ2) is 8.83. The van der Waals surface area contributed by atoms with Crippen molar-refractivity contribution in [2.75, 3.05) is 6.61 Å². The smallest absolute Gasteiger partial charge is 0.335 e. The van der Waals surface area contributed by atoms with Crippen LogP contribution in [0, 0.1) is 5.92 Å². The zero-order chi connectivity index (χ0) is 17.5. The van der Waals surface area contributed by atoms with Crippen LogP contribution in [-0.2, 0) is 16.0 Å². The summed E-state index contributed by atoms with van der Waals surface area (Å²) in [5.41, 5.74) is 0.927. The molecule has 5 nitrogen and oxygen atoms in total. The van der Waals surface area contributed by atoms with Crippen molar-refractivity contribution in [3.63, 3.8) is 0 Å². The van der Waals surface area contributed by atoms with Gasteiger partial charge in [-0.25, -0.2) is 4.79 Å². The molecule has 2 unspecified atom stereocenters. The predicted molar refractivity (Wildman–Crippen MR) is 92.1 cm³/mol. The van der Waals surface area contributed by atoms with Gasteiger partial charge in [-0.3, -0.25) is 4.79 Å². The number of carboxylic acids is 1. The third-order valence-electron chi connectivity index (χ3n) is 4.79. The monoisotopic (exact) mass is 333 g/mol. The molecule has 24 heavy (non-hydrogen) atoms. The highest BCUT2D eigenvalue weighted by atomic mass is 16.5. The number of nitrogens with one attached hydrogen (secondary N) is 1. The molecule has 1 aromatic carbocycles. The maximum atomic E-state index is 12.3. The summed E-state index contributed by atoms with van der Waals surface area (Å²) in [7, 11) is 0. The molecule has 2 atom stereocenters. The summed E-state index contributed by atoms with van der Waals surface area (Å²) in [5, 5.41) is 12.1. The van der Waals surface area contributed by atoms with E-state index in [0.717, 1.165) is 31.2 Å². The van der Waals surface area contributed by atoms with Crippen LogP contribution >= 0.6 is 0 Å². The van der Waals surface area contributed by atoms with Crippen molar-refractivity contribution < 1.29 is 19.4 Å². The Bertz CT molecular complexity index is 568. The molecule has 1 aromatic rings. The van der Waals surface area contributed by atoms with Gasteiger partial charge in [-0.1, -0.05) is 38.8 Å². The highest BCUT2D eigenvalue weighted by Gasteiger charge is 2.28. The van der Waals surface area contributed by atoms with Crippen LogP contribution in [0.3, 0.4) is 0 Å². The molecule has 1 aliphatic rings. The lowest BCUT2D eigenvalue weighted by atomic mass is 9.89. The van der Waals surface area contributed by atoms with Crippen LogP contribution in [0.5, 0.6) is 0 Å². The second-order valence-corrected chi connectivity index (χ2v) is 6.46. The lowest BCUT2D eigenvalue weighted by Crippen LogP contribution is -2.44. The van der Waals surface area contributed by atoms with Crippen molar-refractivity contribution in [2.45, 2.75) is 58.1 Å². The third kappa shape index (κ3) is 5.06. The van der Waals surface area contributed by atoms with E-state index in [4.69, 9.17) is 9.84 Å². The van der Waals surface area contributed by atoms with Gasteiger partial charge in [-0.2, -0.15) is 0 Å². The van der Waals surface area contributed by atoms with Gasteiger partial charge in [0.25, 0.3) is 0 Å². The van der Waals surface area contributed by atoms with Crippen molar-refractivity contribution >= 4 is 11.9 Å². The number of rotatable bonds is 7. The largest absolute Gasteiger partial charge is 0.478 e. The number of hydrogen-bond acceptors (Lipinski definition) is 3. The fourth-order valence-corrected chi connectivity index (χ4v) is 3.38. The van der Waals surface area contributed by atoms with Gasteiger partial charge in [-0.05, 0) is 36.5 Å². The van der Waals surface area contributed by atoms with Crippen molar-refractivity contribution in [3.05, 3.63) is 35.4 Å². The van der Waals surface area contributed by atoms with Crippen molar-refractivity contribution in [1.82, 2.24) is 5.32 Å². The van der Waals surface area contributed by atoms with Gasteiger partial charge in [0.15, 0.2) is 0 Å². The average Bonchev–Trinajstić information content (AvgIpc) is 2.56. The lowest BCUT2D eigenvalue weighted by molar-refractivity contribution is -0.122. The van der Waals surface area contributed by atoms with Crippen molar-refractivity contribution in [1.29, 1.82) is 0 Å². The molecule has 1 aliphatic heterocycles. The van der Waals surface area contributed by atoms with Crippen LogP contribution in [0.4, 0.5) is 0 Å². The van der Waals surface area contributed by atoms with E-state index in [1.165, 1.54) is 6.07 Å². The quantitative estimate of drug-likeness (QED) is 0.804. The first-order valence-electron chi connectivity index (χ1n) is 8.76. The summed E-state index contributed by atoms with van der Waals surface area (Å²) in [6, 6.07) is 6.67. The summed E-state index contributed by atoms with van der Waals surface area (Å²) >= 11 is 0. The Morgan fingerprint density at radius 2 is 2.08 bits per heavy atom. The summed E-state index contributed by atoms with van der Waals surface area (Å²) in [6.45, 7) is 5.03. The summed E-state index contributed by atoms with van der Waals surface area (Å²) in [4.78, 5) is 23.3. The Labute approximate surface area is 143 Å². The lowest BCUT2D eigenvalue weighted by Gasteiger charge is -2.34. The maximum Gasteiger partial charge on any atom is 0.335 e. The number of carbonyl (C=O) groups is 2. The molecule has 1 saturated heterocycles. The number of carboxylic acid groups (broad SMARTS) is 1. The van der Waals surface area contributed by atoms with Crippen LogP contribution in [0.25, 0.3) is 0 Å². The van der Waals surface area contributed by atoms with Crippen LogP contribution in [0.1, 0.15) is 55.5 Å². The SMILES string of the molecule is CCC(CC)C1CC(NC(=O)Cc2cccc(C(=O)O)c2)CCO1. The van der Waals surface area contributed by atoms with Gasteiger partial charge in [0.2, 0.25) is 5.91 Å². The molecule has 5 heteroatoms. The van der Waals surface area contributed by atoms with Crippen LogP contribution < -0.4 is 5.32 Å². The number of ether oxygens (including phenoxy) is 1. The first-order valence-corrected chi connectivity index (χ1v) is 8.76. The average molecular weight is 333 g/mol. The van der Waals surface area contributed by atoms with Crippen LogP contribution in [0.15, 0.2) is 24.3 Å². The molecule has 0 aromatic heterocycles. The maximum absolute atomic E-state index is 12.3. The minimum Gasteiger partial charge on any atom is -0.478 e. The van der Waals surface area contributed by atoms with Gasteiger partial charge in [-0.15, -0.1) is 0 Å². The second-order valence-electron chi connectivity index (χ2n) is 6.46. The predicted octanol–water partition coefficient (Wildman–Crippen LogP) is 3.03. The van der Waals surface area contributed by atoms with Gasteiger partial charge in [0.05, 0.1) is 18.1 Å². The molecular weight excluding hydrogens is 306 g/mol. The molecule has 0 spiro atoms. The number of benzene rings is 1. The molecule has 1 amide bonds. The Hall–Kier alpha value is -1.88. The highest BCUT2D eigenvalue weighted by Crippen LogP contribution is 2.25. The topological polar surface area (TPSA) is 75.6 Å². The molecule has 0 aliphatic carbocycles. The van der Waals surface area contributed by atoms with Crippen molar-refractivity contribution in [2.24, 2.45) is 5.92 Å². The van der Waals surface area contributed by atoms with Gasteiger partial charge < -0.3 is 15.2 Å². The fraction of sp³-hybridized carbons (Fsp3) is 0.579. The van der Waals surface area contributed by atoms with E-state index in [0.29, 0.717) is 12.5 Å². The first kappa shape index (κ1) is 18.5. The normalized spacial score (nSPS) is 20.8. The first-order chi connectivity index (χ1) is 11.5. The highest BCUT2D eigenvalue weighted by molar-refractivity contribution is 5.88. The Morgan fingerprint density at radius 1 is 1.33 bits per heavy atom. The van der Waals surface area contributed by atoms with Gasteiger partial charge in [0.1, 0.15) is 0 Å². The minimum atomic E-state index is -0.977. The summed E-state index contributed by atoms with van der Waals surface area (Å²) < 4.78 is 5.88. The van der Waals surface area contributed by atoms with E-state index in [9.17, 15) is 9.59 Å². The van der Waals surface area contributed by atoms with E-state index in [1.54, 1.807) is 18.2 Å². The van der Waals surface area contributed by atoms with E-state index < -0.39 is 5.97 Å². The standard InChI is InChI=1S/C19H27NO4/c1-3-14(4-2)17-12-16(8-9-24-17)20-18(21)11-13-6-5-7-15(10-13)19(22)23/h5-7,10,14,16-17H,3-4,8-9,11-12H2,1-2H3,(H,20,21)(H,22,23). The van der Waals surface area contributed by atoms with E-state index in [1.807, 2.05) is 0 Å². The van der Waals surface area contributed by atoms with Crippen LogP contribution in [0.2, 0.25) is 0 Å². The number of amides is 1. The van der Waals surface area contributed by atoms with Gasteiger partial charge in [0, 0.05) is 12.6 Å². The van der Waals surface area contributed by atoms with Crippen LogP contribution in [-0.4, -0.2) is 35.7 Å². The Kier molecular flexibility index (Phi) is 6.79. The zero-order valence-corrected chi connectivity index (χ0v) is 14.5. The van der Waals surface area contributed by atoms with Gasteiger partial charge >= 0.3 is 5.97 Å². The molecule has 1 heterocycles. The number of carbonyl (C=O) groups excluding carboxylic acids is 1. The third-order valence-corrected chi connectivity index (χ3v) is 4.79. The molecule has 0 radical (unpaired) electrons. The van der Waals surface area contributed by atoms with E-state index in [2.05, 4.69) is 19.2 Å². The summed E-state index contributed by atoms with van der Waals surface area (Å²) in [5.74, 6) is -0.501. The zero-order valence-electron chi connectivity index (χ0n) is 14.5. The van der Waals surface area contributed by atoms with Crippen molar-refractivity contribution in [3.8, 4) is 0 Å². The Morgan fingerprint density at radius 3 is 2.75 bits per heavy atom. The minimum absolute atomic E-state index is 0.0623. The molecule has 132 valence electrons. The summed E-state index contributed by atoms with van der Waals surface area (Å²) in [6.07, 6.45) is 4.28. The van der Waals surface area contributed by atoms with E-state index in [-0.39, 0.29) is 30.0 Å². The molecule has 0 saturated carbocycles. The molecule has 2 rings (SSSR count). The Balaban J connectivity index is 1.90. The molecule has 2 N–H and O–H groups in total. The fourth-order valence-electron chi connectivity index (χ4n) is 3.38. The molecule has 0 bridgehead atoms. The molecule has 1 fully saturated rings. The number of hydrogen-bond donors (Lipinski definition) is 2. The number of aromatic carboxylic acids is 1. The molecular formula is C19H27NO4.